The summed E-state index contributed by atoms with van der Waals surface area (Å²) in [6.45, 7) is 5.08. The van der Waals surface area contributed by atoms with Crippen molar-refractivity contribution in [3.8, 4) is 0 Å². The molecule has 0 aromatic rings. The Balaban J connectivity index is 0.000000500. The molecule has 0 aliphatic carbocycles. The highest BCUT2D eigenvalue weighted by molar-refractivity contribution is 5.85. The fourth-order valence-electron chi connectivity index (χ4n) is 1.91. The Morgan fingerprint density at radius 3 is 3.00 bits per heavy atom. The minimum atomic E-state index is 0. The number of hydrogen-bond donors (Lipinski definition) is 1. The van der Waals surface area contributed by atoms with Crippen LogP contribution >= 0.6 is 12.4 Å². The summed E-state index contributed by atoms with van der Waals surface area (Å²) in [5.41, 5.74) is 0. The second-order valence-electron chi connectivity index (χ2n) is 3.04. The van der Waals surface area contributed by atoms with Crippen LogP contribution in [0.3, 0.4) is 0 Å². The van der Waals surface area contributed by atoms with Crippen molar-refractivity contribution < 1.29 is 0 Å². The van der Waals surface area contributed by atoms with Gasteiger partial charge < -0.3 is 5.32 Å². The molecule has 0 bridgehead atoms. The first-order valence-electron chi connectivity index (χ1n) is 3.91. The zero-order chi connectivity index (χ0) is 6.10. The molecule has 0 radical (unpaired) electrons. The molecule has 2 rings (SSSR count). The minimum Gasteiger partial charge on any atom is -0.314 e. The van der Waals surface area contributed by atoms with E-state index in [1.807, 2.05) is 0 Å². The summed E-state index contributed by atoms with van der Waals surface area (Å²) < 4.78 is 0. The van der Waals surface area contributed by atoms with E-state index in [4.69, 9.17) is 0 Å². The SMILES string of the molecule is C1C[C@@H]2CNCCN2C1.Cl. The second-order valence-corrected chi connectivity index (χ2v) is 3.04. The first-order valence-corrected chi connectivity index (χ1v) is 3.91. The molecule has 1 N–H and O–H groups in total. The van der Waals surface area contributed by atoms with Gasteiger partial charge in [-0.1, -0.05) is 0 Å². The lowest BCUT2D eigenvalue weighted by Crippen LogP contribution is -2.47. The lowest BCUT2D eigenvalue weighted by molar-refractivity contribution is 0.212. The van der Waals surface area contributed by atoms with Gasteiger partial charge in [-0.3, -0.25) is 4.90 Å². The summed E-state index contributed by atoms with van der Waals surface area (Å²) in [7, 11) is 0. The quantitative estimate of drug-likeness (QED) is 0.558. The van der Waals surface area contributed by atoms with Crippen LogP contribution in [0.15, 0.2) is 0 Å². The van der Waals surface area contributed by atoms with Gasteiger partial charge in [-0.2, -0.15) is 0 Å². The zero-order valence-corrected chi connectivity index (χ0v) is 6.99. The fourth-order valence-corrected chi connectivity index (χ4v) is 1.91. The van der Waals surface area contributed by atoms with Gasteiger partial charge in [0.05, 0.1) is 0 Å². The second kappa shape index (κ2) is 3.56. The lowest BCUT2D eigenvalue weighted by Gasteiger charge is -2.29. The van der Waals surface area contributed by atoms with Crippen LogP contribution in [0, 0.1) is 0 Å². The molecule has 2 aliphatic heterocycles. The van der Waals surface area contributed by atoms with E-state index in [9.17, 15) is 0 Å². The summed E-state index contributed by atoms with van der Waals surface area (Å²) in [5.74, 6) is 0. The Hall–Kier alpha value is 0.210. The van der Waals surface area contributed by atoms with Gasteiger partial charge in [0.15, 0.2) is 0 Å². The zero-order valence-electron chi connectivity index (χ0n) is 6.18. The number of halogens is 1. The third kappa shape index (κ3) is 1.44. The summed E-state index contributed by atoms with van der Waals surface area (Å²) in [4.78, 5) is 2.61. The molecule has 10 heavy (non-hydrogen) atoms. The number of hydrogen-bond acceptors (Lipinski definition) is 2. The molecule has 2 saturated heterocycles. The van der Waals surface area contributed by atoms with E-state index < -0.39 is 0 Å². The normalized spacial score (nSPS) is 33.0. The monoisotopic (exact) mass is 162 g/mol. The van der Waals surface area contributed by atoms with Crippen molar-refractivity contribution in [3.05, 3.63) is 0 Å². The van der Waals surface area contributed by atoms with Crippen molar-refractivity contribution in [3.63, 3.8) is 0 Å². The largest absolute Gasteiger partial charge is 0.314 e. The van der Waals surface area contributed by atoms with E-state index in [1.165, 1.54) is 39.0 Å². The maximum absolute atomic E-state index is 3.41. The van der Waals surface area contributed by atoms with Crippen molar-refractivity contribution in [1.82, 2.24) is 10.2 Å². The van der Waals surface area contributed by atoms with Gasteiger partial charge in [-0.25, -0.2) is 0 Å². The van der Waals surface area contributed by atoms with Crippen molar-refractivity contribution in [2.45, 2.75) is 18.9 Å². The molecule has 0 spiro atoms. The molecule has 0 aromatic heterocycles. The maximum Gasteiger partial charge on any atom is 0.0221 e. The molecular weight excluding hydrogens is 148 g/mol. The Bertz CT molecular complexity index is 95.8. The van der Waals surface area contributed by atoms with Crippen LogP contribution in [0.2, 0.25) is 0 Å². The van der Waals surface area contributed by atoms with Crippen LogP contribution in [0.1, 0.15) is 12.8 Å². The summed E-state index contributed by atoms with van der Waals surface area (Å²) in [6.07, 6.45) is 2.85. The molecule has 2 nitrogen and oxygen atoms in total. The van der Waals surface area contributed by atoms with Crippen LogP contribution in [0.5, 0.6) is 0 Å². The highest BCUT2D eigenvalue weighted by Crippen LogP contribution is 2.17. The van der Waals surface area contributed by atoms with Gasteiger partial charge in [0.25, 0.3) is 0 Å². The molecule has 2 aliphatic rings. The first-order chi connectivity index (χ1) is 4.47. The molecule has 0 saturated carbocycles. The smallest absolute Gasteiger partial charge is 0.0221 e. The molecule has 0 unspecified atom stereocenters. The van der Waals surface area contributed by atoms with E-state index >= 15 is 0 Å². The van der Waals surface area contributed by atoms with Crippen LogP contribution in [-0.4, -0.2) is 37.1 Å². The van der Waals surface area contributed by atoms with Crippen LogP contribution < -0.4 is 5.32 Å². The number of nitrogens with one attached hydrogen (secondary N) is 1. The minimum absolute atomic E-state index is 0. The average Bonchev–Trinajstić information content (AvgIpc) is 2.33. The van der Waals surface area contributed by atoms with Crippen LogP contribution in [-0.2, 0) is 0 Å². The van der Waals surface area contributed by atoms with Gasteiger partial charge in [0.2, 0.25) is 0 Å². The predicted octanol–water partition coefficient (Wildman–Crippen LogP) is 0.476. The molecule has 0 amide bonds. The van der Waals surface area contributed by atoms with Gasteiger partial charge >= 0.3 is 0 Å². The average molecular weight is 163 g/mol. The first kappa shape index (κ1) is 8.31. The number of rotatable bonds is 0. The molecular formula is C7H15ClN2. The predicted molar refractivity (Wildman–Crippen MR) is 44.7 cm³/mol. The van der Waals surface area contributed by atoms with E-state index in [-0.39, 0.29) is 12.4 Å². The van der Waals surface area contributed by atoms with E-state index in [2.05, 4.69) is 10.2 Å². The molecule has 3 heteroatoms. The number of nitrogens with zero attached hydrogens (tertiary/aromatic N) is 1. The van der Waals surface area contributed by atoms with Gasteiger partial charge in [0, 0.05) is 25.7 Å². The standard InChI is InChI=1S/C7H14N2.ClH/c1-2-7-6-8-3-5-9(7)4-1;/h7-8H,1-6H2;1H/t7-;/m1./s1. The summed E-state index contributed by atoms with van der Waals surface area (Å²) >= 11 is 0. The number of piperazine rings is 1. The third-order valence-electron chi connectivity index (χ3n) is 2.45. The van der Waals surface area contributed by atoms with Crippen molar-refractivity contribution in [2.75, 3.05) is 26.2 Å². The number of fused-ring (bicyclic) bond motifs is 1. The fraction of sp³-hybridized carbons (Fsp3) is 1.00. The van der Waals surface area contributed by atoms with Crippen LogP contribution in [0.4, 0.5) is 0 Å². The lowest BCUT2D eigenvalue weighted by atomic mass is 10.2. The van der Waals surface area contributed by atoms with E-state index in [0.29, 0.717) is 0 Å². The highest BCUT2D eigenvalue weighted by Gasteiger charge is 2.25. The third-order valence-corrected chi connectivity index (χ3v) is 2.45. The Morgan fingerprint density at radius 2 is 2.20 bits per heavy atom. The van der Waals surface area contributed by atoms with Crippen LogP contribution in [0.25, 0.3) is 0 Å². The molecule has 2 heterocycles. The van der Waals surface area contributed by atoms with Gasteiger partial charge in [0.1, 0.15) is 0 Å². The van der Waals surface area contributed by atoms with Gasteiger partial charge in [-0.05, 0) is 19.4 Å². The Kier molecular flexibility index (Phi) is 2.96. The van der Waals surface area contributed by atoms with Crippen molar-refractivity contribution in [2.24, 2.45) is 0 Å². The molecule has 2 fully saturated rings. The van der Waals surface area contributed by atoms with E-state index in [0.717, 1.165) is 6.04 Å². The highest BCUT2D eigenvalue weighted by atomic mass is 35.5. The maximum atomic E-state index is 3.41. The van der Waals surface area contributed by atoms with E-state index in [1.54, 1.807) is 0 Å². The Morgan fingerprint density at radius 1 is 1.30 bits per heavy atom. The van der Waals surface area contributed by atoms with Crippen molar-refractivity contribution >= 4 is 12.4 Å². The topological polar surface area (TPSA) is 15.3 Å². The summed E-state index contributed by atoms with van der Waals surface area (Å²) in [5, 5.41) is 3.41. The molecule has 1 atom stereocenters. The Labute approximate surface area is 68.4 Å². The molecule has 0 aromatic carbocycles. The van der Waals surface area contributed by atoms with Crippen molar-refractivity contribution in [1.29, 1.82) is 0 Å². The molecule has 60 valence electrons. The summed E-state index contributed by atoms with van der Waals surface area (Å²) in [6, 6.07) is 0.888. The van der Waals surface area contributed by atoms with Gasteiger partial charge in [-0.15, -0.1) is 12.4 Å².